The molecule has 4 N–H and O–H groups in total. The first kappa shape index (κ1) is 54.0. The quantitative estimate of drug-likeness (QED) is 0.0863. The number of esters is 2. The van der Waals surface area contributed by atoms with Crippen molar-refractivity contribution in [3.05, 3.63) is 89.6 Å². The SMILES string of the molecule is O=C(O[C@H]1C[N+]2(CCCO)CCC1CC2)C(O)(c1cccs1)c1cccs1.O=C(O[C@H]1C[N+]2(CCO)CCC1CC2)C(O)(c1cccs1)c1cccs1.O=C([O-])C(F)(F)F.O=C([O-])C(F)(F)F. The molecule has 0 saturated carbocycles. The zero-order chi connectivity index (χ0) is 49.3. The van der Waals surface area contributed by atoms with Gasteiger partial charge >= 0.3 is 24.3 Å². The number of nitrogens with zero attached hydrogens (tertiary/aromatic N) is 2. The average Bonchev–Trinajstić information content (AvgIpc) is 4.15. The van der Waals surface area contributed by atoms with Gasteiger partial charge < -0.3 is 58.7 Å². The van der Waals surface area contributed by atoms with E-state index in [-0.39, 0.29) is 25.4 Å². The minimum atomic E-state index is -5.19. The number of aliphatic hydroxyl groups is 4. The maximum absolute atomic E-state index is 13.2. The van der Waals surface area contributed by atoms with Crippen molar-refractivity contribution in [2.24, 2.45) is 11.8 Å². The molecule has 67 heavy (non-hydrogen) atoms. The van der Waals surface area contributed by atoms with Gasteiger partial charge in [-0.1, -0.05) is 24.3 Å². The molecule has 10 heterocycles. The second kappa shape index (κ2) is 22.6. The predicted octanol–water partition coefficient (Wildman–Crippen LogP) is 3.37. The van der Waals surface area contributed by atoms with Gasteiger partial charge in [-0.3, -0.25) is 0 Å². The Bertz CT molecular complexity index is 2070. The van der Waals surface area contributed by atoms with Crippen LogP contribution in [0.25, 0.3) is 0 Å². The molecule has 6 saturated heterocycles. The number of fused-ring (bicyclic) bond motifs is 6. The lowest BCUT2D eigenvalue weighted by atomic mass is 9.83. The summed E-state index contributed by atoms with van der Waals surface area (Å²) in [7, 11) is 0. The van der Waals surface area contributed by atoms with Crippen LogP contribution in [0.5, 0.6) is 0 Å². The van der Waals surface area contributed by atoms with Gasteiger partial charge in [-0.15, -0.1) is 45.3 Å². The average molecular weight is 1030 g/mol. The molecule has 6 fully saturated rings. The van der Waals surface area contributed by atoms with E-state index in [2.05, 4.69) is 0 Å². The van der Waals surface area contributed by atoms with E-state index < -0.39 is 47.4 Å². The Morgan fingerprint density at radius 3 is 1.10 bits per heavy atom. The van der Waals surface area contributed by atoms with E-state index in [9.17, 15) is 56.4 Å². The molecule has 4 aromatic heterocycles. The number of rotatable bonds is 13. The molecule has 4 bridgehead atoms. The fourth-order valence-corrected chi connectivity index (χ4v) is 12.4. The predicted molar refractivity (Wildman–Crippen MR) is 229 cm³/mol. The Labute approximate surface area is 397 Å². The largest absolute Gasteiger partial charge is 0.542 e. The van der Waals surface area contributed by atoms with Gasteiger partial charge in [-0.25, -0.2) is 9.59 Å². The van der Waals surface area contributed by atoms with E-state index in [1.807, 2.05) is 45.8 Å². The normalized spacial score (nSPS) is 24.4. The van der Waals surface area contributed by atoms with Crippen LogP contribution in [-0.4, -0.2) is 143 Å². The van der Waals surface area contributed by atoms with Crippen molar-refractivity contribution in [1.29, 1.82) is 0 Å². The van der Waals surface area contributed by atoms with Gasteiger partial charge in [0.25, 0.3) is 0 Å². The summed E-state index contributed by atoms with van der Waals surface area (Å²) in [6.45, 7) is 7.79. The van der Waals surface area contributed by atoms with Gasteiger partial charge in [0.15, 0.2) is 12.2 Å². The first-order valence-electron chi connectivity index (χ1n) is 21.0. The number of carbonyl (C=O) groups excluding carboxylic acids is 4. The van der Waals surface area contributed by atoms with Crippen LogP contribution in [-0.2, 0) is 39.9 Å². The lowest BCUT2D eigenvalue weighted by Gasteiger charge is -2.52. The molecular formula is C43H50F6N2O12S4. The topological polar surface area (TPSA) is 214 Å². The van der Waals surface area contributed by atoms with Crippen LogP contribution in [0.1, 0.15) is 51.6 Å². The van der Waals surface area contributed by atoms with Gasteiger partial charge in [0, 0.05) is 50.5 Å². The molecule has 14 nitrogen and oxygen atoms in total. The summed E-state index contributed by atoms with van der Waals surface area (Å²) < 4.78 is 76.8. The lowest BCUT2D eigenvalue weighted by Crippen LogP contribution is -2.65. The van der Waals surface area contributed by atoms with Crippen molar-refractivity contribution in [3.63, 3.8) is 0 Å². The lowest BCUT2D eigenvalue weighted by molar-refractivity contribution is -0.946. The third-order valence-electron chi connectivity index (χ3n) is 12.5. The molecule has 0 amide bonds. The Balaban J connectivity index is 0.000000196. The molecule has 6 aliphatic rings. The Kier molecular flexibility index (Phi) is 18.2. The molecule has 10 rings (SSSR count). The molecule has 0 aliphatic carbocycles. The number of carboxylic acids is 2. The summed E-state index contributed by atoms with van der Waals surface area (Å²) >= 11 is 5.46. The molecule has 4 aromatic rings. The van der Waals surface area contributed by atoms with Crippen LogP contribution in [0.2, 0.25) is 0 Å². The monoisotopic (exact) mass is 1030 g/mol. The third kappa shape index (κ3) is 13.0. The second-order valence-corrected chi connectivity index (χ2v) is 20.4. The molecule has 0 unspecified atom stereocenters. The number of thiophene rings is 4. The van der Waals surface area contributed by atoms with Gasteiger partial charge in [0.05, 0.1) is 58.8 Å². The molecular weight excluding hydrogens is 979 g/mol. The minimum absolute atomic E-state index is 0.152. The van der Waals surface area contributed by atoms with Crippen molar-refractivity contribution in [3.8, 4) is 0 Å². The van der Waals surface area contributed by atoms with Crippen molar-refractivity contribution >= 4 is 69.2 Å². The van der Waals surface area contributed by atoms with E-state index in [0.29, 0.717) is 37.9 Å². The molecule has 2 atom stereocenters. The van der Waals surface area contributed by atoms with E-state index in [0.717, 1.165) is 86.9 Å². The first-order valence-corrected chi connectivity index (χ1v) is 24.6. The zero-order valence-corrected chi connectivity index (χ0v) is 39.0. The van der Waals surface area contributed by atoms with E-state index in [4.69, 9.17) is 29.3 Å². The number of piperidine rings is 6. The van der Waals surface area contributed by atoms with Crippen molar-refractivity contribution < 1.29 is 94.6 Å². The fraction of sp³-hybridized carbons (Fsp3) is 0.535. The summed E-state index contributed by atoms with van der Waals surface area (Å²) in [5, 5.41) is 66.4. The molecule has 0 spiro atoms. The Morgan fingerprint density at radius 1 is 0.567 bits per heavy atom. The van der Waals surface area contributed by atoms with Gasteiger partial charge in [-0.2, -0.15) is 26.3 Å². The van der Waals surface area contributed by atoms with Crippen LogP contribution in [0.4, 0.5) is 26.3 Å². The van der Waals surface area contributed by atoms with Crippen LogP contribution in [0.3, 0.4) is 0 Å². The Hall–Kier alpha value is -3.98. The Morgan fingerprint density at radius 2 is 0.866 bits per heavy atom. The van der Waals surface area contributed by atoms with Gasteiger partial charge in [-0.05, 0) is 45.8 Å². The summed E-state index contributed by atoms with van der Waals surface area (Å²) in [6, 6.07) is 14.5. The number of alkyl halides is 6. The summed E-state index contributed by atoms with van der Waals surface area (Å²) in [6.07, 6.45) is -5.87. The highest BCUT2D eigenvalue weighted by Gasteiger charge is 2.53. The highest BCUT2D eigenvalue weighted by molar-refractivity contribution is 7.12. The number of aliphatic hydroxyl groups excluding tert-OH is 2. The van der Waals surface area contributed by atoms with Crippen LogP contribution in [0, 0.1) is 11.8 Å². The number of quaternary nitrogens is 2. The number of carboxylic acid groups (broad SMARTS) is 2. The van der Waals surface area contributed by atoms with E-state index in [1.54, 1.807) is 24.3 Å². The molecule has 370 valence electrons. The number of hydrogen-bond donors (Lipinski definition) is 4. The smallest absolute Gasteiger partial charge is 0.430 e. The standard InChI is InChI=1S/C20H26NO4S2.C19H24NO4S2.2C2HF3O2/c22-11-3-8-21-9-6-15(7-10-21)16(14-21)25-19(23)20(24,17-4-1-12-26-17)18-5-2-13-27-18;21-10-9-20-7-5-14(6-8-20)15(13-20)24-18(22)19(23,16-3-1-11-25-16)17-4-2-12-26-17;2*3-2(4,5)1(6)7/h1-2,4-5,12-13,15-16,22,24H,3,6-11,14H2;1-4,11-12,14-15,21,23H,5-10,13H2;2*(H,6,7)/q2*+1;;/p-2/t15?,16-,21?;14?,15-,20?;;/m00../s1. The van der Waals surface area contributed by atoms with E-state index >= 15 is 0 Å². The van der Waals surface area contributed by atoms with Crippen LogP contribution in [0.15, 0.2) is 70.1 Å². The molecule has 0 aromatic carbocycles. The van der Waals surface area contributed by atoms with Gasteiger partial charge in [0.1, 0.15) is 31.6 Å². The minimum Gasteiger partial charge on any atom is -0.542 e. The maximum Gasteiger partial charge on any atom is 0.430 e. The highest BCUT2D eigenvalue weighted by Crippen LogP contribution is 2.42. The number of aliphatic carboxylic acids is 2. The van der Waals surface area contributed by atoms with Crippen molar-refractivity contribution in [1.82, 2.24) is 0 Å². The number of hydrogen-bond acceptors (Lipinski definition) is 16. The molecule has 6 aliphatic heterocycles. The second-order valence-electron chi connectivity index (χ2n) is 16.7. The van der Waals surface area contributed by atoms with E-state index in [1.165, 1.54) is 45.3 Å². The first-order chi connectivity index (χ1) is 31.5. The summed E-state index contributed by atoms with van der Waals surface area (Å²) in [5.41, 5.74) is -3.47. The summed E-state index contributed by atoms with van der Waals surface area (Å²) in [5.74, 6) is -6.43. The number of ether oxygens (including phenoxy) is 2. The number of halogens is 6. The van der Waals surface area contributed by atoms with Crippen molar-refractivity contribution in [2.45, 2.75) is 67.9 Å². The van der Waals surface area contributed by atoms with Crippen LogP contribution >= 0.6 is 45.3 Å². The van der Waals surface area contributed by atoms with Gasteiger partial charge in [0.2, 0.25) is 11.2 Å². The highest BCUT2D eigenvalue weighted by atomic mass is 32.1. The zero-order valence-electron chi connectivity index (χ0n) is 35.7. The molecule has 0 radical (unpaired) electrons. The van der Waals surface area contributed by atoms with Crippen LogP contribution < -0.4 is 10.2 Å². The maximum atomic E-state index is 13.2. The number of carbonyl (C=O) groups is 4. The van der Waals surface area contributed by atoms with Crippen molar-refractivity contribution in [2.75, 3.05) is 65.6 Å². The fourth-order valence-electron chi connectivity index (χ4n) is 8.98. The third-order valence-corrected chi connectivity index (χ3v) is 16.4. The molecule has 24 heteroatoms. The summed E-state index contributed by atoms with van der Waals surface area (Å²) in [4.78, 5) is 46.3.